The molecule has 0 fully saturated rings. The molecule has 0 aromatic heterocycles. The van der Waals surface area contributed by atoms with E-state index in [0.717, 1.165) is 11.1 Å². The first-order valence-electron chi connectivity index (χ1n) is 9.44. The summed E-state index contributed by atoms with van der Waals surface area (Å²) in [5.41, 5.74) is 2.40. The summed E-state index contributed by atoms with van der Waals surface area (Å²) in [4.78, 5) is 47.9. The lowest BCUT2D eigenvalue weighted by Crippen LogP contribution is -2.46. The molecule has 0 saturated heterocycles. The van der Waals surface area contributed by atoms with E-state index in [1.165, 1.54) is 38.5 Å². The number of carbonyl (C=O) groups excluding carboxylic acids is 3. The number of benzene rings is 2. The van der Waals surface area contributed by atoms with Gasteiger partial charge in [-0.2, -0.15) is 0 Å². The fraction of sp³-hybridized carbons (Fsp3) is 0.318. The maximum Gasteiger partial charge on any atom is 0.329 e. The summed E-state index contributed by atoms with van der Waals surface area (Å²) in [7, 11) is 2.37. The van der Waals surface area contributed by atoms with Gasteiger partial charge >= 0.3 is 11.9 Å². The van der Waals surface area contributed by atoms with Gasteiger partial charge in [0, 0.05) is 23.6 Å². The highest BCUT2D eigenvalue weighted by Crippen LogP contribution is 2.27. The fourth-order valence-electron chi connectivity index (χ4n) is 3.32. The number of hydrogen-bond acceptors (Lipinski definition) is 7. The van der Waals surface area contributed by atoms with Crippen molar-refractivity contribution in [3.63, 3.8) is 0 Å². The van der Waals surface area contributed by atoms with Gasteiger partial charge in [-0.3, -0.25) is 19.7 Å². The minimum Gasteiger partial charge on any atom is -0.469 e. The van der Waals surface area contributed by atoms with E-state index < -0.39 is 34.7 Å². The molecule has 9 nitrogen and oxygen atoms in total. The van der Waals surface area contributed by atoms with Gasteiger partial charge in [0.2, 0.25) is 0 Å². The number of amides is 1. The van der Waals surface area contributed by atoms with E-state index in [4.69, 9.17) is 9.47 Å². The van der Waals surface area contributed by atoms with Crippen LogP contribution >= 0.6 is 0 Å². The van der Waals surface area contributed by atoms with Crippen LogP contribution in [0, 0.1) is 24.0 Å². The van der Waals surface area contributed by atoms with Crippen molar-refractivity contribution in [2.24, 2.45) is 0 Å². The third-order valence-corrected chi connectivity index (χ3v) is 4.77. The Bertz CT molecular complexity index is 966. The van der Waals surface area contributed by atoms with Crippen molar-refractivity contribution >= 4 is 23.5 Å². The van der Waals surface area contributed by atoms with Gasteiger partial charge in [0.1, 0.15) is 6.04 Å². The van der Waals surface area contributed by atoms with Crippen molar-refractivity contribution in [1.82, 2.24) is 5.32 Å². The highest BCUT2D eigenvalue weighted by atomic mass is 16.6. The second kappa shape index (κ2) is 10.3. The molecule has 0 unspecified atom stereocenters. The Morgan fingerprint density at radius 2 is 1.58 bits per heavy atom. The molecule has 2 atom stereocenters. The standard InChI is InChI=1S/C22H24N2O7/c1-13-9-14(2)11-16(10-13)21(26)23-20(22(27)31-4)18(12-19(25)30-3)15-5-7-17(8-6-15)24(28)29/h5-11,18,20H,12H2,1-4H3,(H,23,26)/t18-,20+/m0/s1. The fourth-order valence-corrected chi connectivity index (χ4v) is 3.32. The lowest BCUT2D eigenvalue weighted by atomic mass is 9.88. The number of nitrogens with zero attached hydrogens (tertiary/aromatic N) is 1. The maximum absolute atomic E-state index is 12.9. The number of rotatable bonds is 8. The quantitative estimate of drug-likeness (QED) is 0.389. The lowest BCUT2D eigenvalue weighted by Gasteiger charge is -2.26. The SMILES string of the molecule is COC(=O)C[C@@H](c1ccc([N+](=O)[O-])cc1)[C@@H](NC(=O)c1cc(C)cc(C)c1)C(=O)OC. The molecule has 0 radical (unpaired) electrons. The topological polar surface area (TPSA) is 125 Å². The van der Waals surface area contributed by atoms with E-state index in [0.29, 0.717) is 11.1 Å². The summed E-state index contributed by atoms with van der Waals surface area (Å²) in [6.07, 6.45) is -0.249. The van der Waals surface area contributed by atoms with Gasteiger partial charge < -0.3 is 14.8 Å². The van der Waals surface area contributed by atoms with Gasteiger partial charge in [0.15, 0.2) is 0 Å². The normalized spacial score (nSPS) is 12.4. The maximum atomic E-state index is 12.9. The average Bonchev–Trinajstić information content (AvgIpc) is 2.74. The third kappa shape index (κ3) is 6.11. The first kappa shape index (κ1) is 23.5. The van der Waals surface area contributed by atoms with E-state index in [1.807, 2.05) is 19.9 Å². The highest BCUT2D eigenvalue weighted by molar-refractivity contribution is 5.97. The van der Waals surface area contributed by atoms with Crippen molar-refractivity contribution in [3.05, 3.63) is 74.8 Å². The van der Waals surface area contributed by atoms with E-state index in [-0.39, 0.29) is 12.1 Å². The van der Waals surface area contributed by atoms with Gasteiger partial charge in [-0.05, 0) is 31.5 Å². The predicted molar refractivity (Wildman–Crippen MR) is 112 cm³/mol. The summed E-state index contributed by atoms with van der Waals surface area (Å²) in [6.45, 7) is 3.69. The molecule has 164 valence electrons. The molecule has 0 saturated carbocycles. The van der Waals surface area contributed by atoms with Crippen LogP contribution in [0.3, 0.4) is 0 Å². The van der Waals surface area contributed by atoms with Gasteiger partial charge in [0.05, 0.1) is 25.6 Å². The van der Waals surface area contributed by atoms with Crippen molar-refractivity contribution in [1.29, 1.82) is 0 Å². The summed E-state index contributed by atoms with van der Waals surface area (Å²) < 4.78 is 9.60. The number of ether oxygens (including phenoxy) is 2. The summed E-state index contributed by atoms with van der Waals surface area (Å²) in [6, 6.07) is 9.44. The zero-order valence-corrected chi connectivity index (χ0v) is 17.7. The Morgan fingerprint density at radius 3 is 2.06 bits per heavy atom. The molecule has 1 N–H and O–H groups in total. The number of methoxy groups -OCH3 is 2. The number of nitro groups is 1. The monoisotopic (exact) mass is 428 g/mol. The van der Waals surface area contributed by atoms with Crippen LogP contribution in [-0.4, -0.2) is 43.0 Å². The van der Waals surface area contributed by atoms with Crippen LogP contribution in [0.25, 0.3) is 0 Å². The molecule has 0 aliphatic heterocycles. The van der Waals surface area contributed by atoms with E-state index in [1.54, 1.807) is 12.1 Å². The number of carbonyl (C=O) groups is 3. The Labute approximate surface area is 179 Å². The van der Waals surface area contributed by atoms with Crippen LogP contribution in [0.4, 0.5) is 5.69 Å². The first-order valence-corrected chi connectivity index (χ1v) is 9.44. The largest absolute Gasteiger partial charge is 0.469 e. The minimum absolute atomic E-state index is 0.144. The smallest absolute Gasteiger partial charge is 0.329 e. The molecule has 2 aromatic rings. The third-order valence-electron chi connectivity index (χ3n) is 4.77. The molecule has 0 spiro atoms. The summed E-state index contributed by atoms with van der Waals surface area (Å²) in [5, 5.41) is 13.6. The number of esters is 2. The van der Waals surface area contributed by atoms with Crippen LogP contribution in [0.1, 0.15) is 39.4 Å². The Morgan fingerprint density at radius 1 is 1.00 bits per heavy atom. The summed E-state index contributed by atoms with van der Waals surface area (Å²) >= 11 is 0. The van der Waals surface area contributed by atoms with Gasteiger partial charge in [-0.15, -0.1) is 0 Å². The second-order valence-corrected chi connectivity index (χ2v) is 7.09. The number of aryl methyl sites for hydroxylation is 2. The van der Waals surface area contributed by atoms with Crippen LogP contribution in [0.2, 0.25) is 0 Å². The summed E-state index contributed by atoms with van der Waals surface area (Å²) in [5.74, 6) is -2.75. The molecular weight excluding hydrogens is 404 g/mol. The molecule has 2 rings (SSSR count). The second-order valence-electron chi connectivity index (χ2n) is 7.09. The molecule has 0 heterocycles. The van der Waals surface area contributed by atoms with Crippen molar-refractivity contribution in [3.8, 4) is 0 Å². The van der Waals surface area contributed by atoms with E-state index in [2.05, 4.69) is 5.32 Å². The van der Waals surface area contributed by atoms with Crippen molar-refractivity contribution in [2.75, 3.05) is 14.2 Å². The van der Waals surface area contributed by atoms with Gasteiger partial charge in [-0.25, -0.2) is 4.79 Å². The predicted octanol–water partition coefficient (Wildman–Crippen LogP) is 2.83. The van der Waals surface area contributed by atoms with Crippen LogP contribution < -0.4 is 5.32 Å². The Kier molecular flexibility index (Phi) is 7.84. The molecule has 31 heavy (non-hydrogen) atoms. The molecule has 9 heteroatoms. The molecular formula is C22H24N2O7. The van der Waals surface area contributed by atoms with Crippen LogP contribution in [-0.2, 0) is 19.1 Å². The molecule has 1 amide bonds. The number of nitrogens with one attached hydrogen (secondary N) is 1. The number of nitro benzene ring substituents is 1. The average molecular weight is 428 g/mol. The molecule has 0 aliphatic rings. The highest BCUT2D eigenvalue weighted by Gasteiger charge is 2.34. The molecule has 0 aliphatic carbocycles. The van der Waals surface area contributed by atoms with Crippen LogP contribution in [0.15, 0.2) is 42.5 Å². The first-order chi connectivity index (χ1) is 14.7. The molecule has 0 bridgehead atoms. The minimum atomic E-state index is -1.22. The van der Waals surface area contributed by atoms with Gasteiger partial charge in [0.25, 0.3) is 11.6 Å². The zero-order chi connectivity index (χ0) is 23.1. The van der Waals surface area contributed by atoms with Crippen molar-refractivity contribution < 1.29 is 28.8 Å². The lowest BCUT2D eigenvalue weighted by molar-refractivity contribution is -0.384. The van der Waals surface area contributed by atoms with E-state index in [9.17, 15) is 24.5 Å². The molecule has 2 aromatic carbocycles. The van der Waals surface area contributed by atoms with Crippen molar-refractivity contribution in [2.45, 2.75) is 32.2 Å². The van der Waals surface area contributed by atoms with Gasteiger partial charge in [-0.1, -0.05) is 29.3 Å². The number of hydrogen-bond donors (Lipinski definition) is 1. The Balaban J connectivity index is 2.44. The van der Waals surface area contributed by atoms with E-state index >= 15 is 0 Å². The van der Waals surface area contributed by atoms with Crippen LogP contribution in [0.5, 0.6) is 0 Å². The zero-order valence-electron chi connectivity index (χ0n) is 17.7. The number of non-ortho nitro benzene ring substituents is 1. The Hall–Kier alpha value is -3.75.